The molecule has 0 saturated heterocycles. The summed E-state index contributed by atoms with van der Waals surface area (Å²) in [7, 11) is 0. The van der Waals surface area contributed by atoms with Crippen molar-refractivity contribution < 1.29 is 9.69 Å². The number of hydrogen-bond acceptors (Lipinski definition) is 4. The number of carbonyl (C=O) groups excluding carboxylic acids is 1. The highest BCUT2D eigenvalue weighted by atomic mass is 33.1. The van der Waals surface area contributed by atoms with Gasteiger partial charge in [-0.1, -0.05) is 25.7 Å². The fraction of sp³-hybridized carbons (Fsp3) is 0.889. The average molecular weight is 268 g/mol. The van der Waals surface area contributed by atoms with Crippen LogP contribution in [0.5, 0.6) is 0 Å². The Bertz CT molecular complexity index is 213. The molecule has 0 spiro atoms. The van der Waals surface area contributed by atoms with E-state index in [-0.39, 0.29) is 18.1 Å². The van der Waals surface area contributed by atoms with Crippen molar-refractivity contribution in [1.29, 1.82) is 0 Å². The fourth-order valence-electron chi connectivity index (χ4n) is 1.89. The first-order valence-electron chi connectivity index (χ1n) is 5.33. The van der Waals surface area contributed by atoms with Crippen molar-refractivity contribution in [3.63, 3.8) is 0 Å². The smallest absolute Gasteiger partial charge is 0.262 e. The molecule has 0 heterocycles. The lowest BCUT2D eigenvalue weighted by atomic mass is 10.1. The molecular weight excluding hydrogens is 249 g/mol. The number of hydrogen-bond donors (Lipinski definition) is 4. The predicted octanol–water partition coefficient (Wildman–Crippen LogP) is 2.44. The summed E-state index contributed by atoms with van der Waals surface area (Å²) in [6.45, 7) is 0. The van der Waals surface area contributed by atoms with E-state index in [0.29, 0.717) is 0 Å². The van der Waals surface area contributed by atoms with Gasteiger partial charge in [0.2, 0.25) is 0 Å². The SMILES string of the molecule is O=C(C[P+](O)(S)S)NC1CCCCCC1. The van der Waals surface area contributed by atoms with E-state index in [4.69, 9.17) is 0 Å². The van der Waals surface area contributed by atoms with Crippen molar-refractivity contribution in [2.45, 2.75) is 44.6 Å². The summed E-state index contributed by atoms with van der Waals surface area (Å²) >= 11 is 7.81. The quantitative estimate of drug-likeness (QED) is 0.361. The minimum absolute atomic E-state index is 0.0374. The fourth-order valence-corrected chi connectivity index (χ4v) is 3.14. The Balaban J connectivity index is 2.30. The molecule has 3 nitrogen and oxygen atoms in total. The first-order chi connectivity index (χ1) is 6.97. The second kappa shape index (κ2) is 6.33. The first-order valence-corrected chi connectivity index (χ1v) is 9.56. The second-order valence-electron chi connectivity index (χ2n) is 4.11. The summed E-state index contributed by atoms with van der Waals surface area (Å²) in [5.41, 5.74) is 0. The summed E-state index contributed by atoms with van der Waals surface area (Å²) in [4.78, 5) is 20.8. The molecule has 0 aromatic heterocycles. The van der Waals surface area contributed by atoms with Crippen LogP contribution in [0.3, 0.4) is 0 Å². The molecule has 0 radical (unpaired) electrons. The minimum atomic E-state index is -2.57. The number of carbonyl (C=O) groups is 1. The Hall–Kier alpha value is 0.560. The van der Waals surface area contributed by atoms with Crippen LogP contribution in [0.15, 0.2) is 0 Å². The maximum absolute atomic E-state index is 11.5. The van der Waals surface area contributed by atoms with E-state index in [1.165, 1.54) is 25.7 Å². The highest BCUT2D eigenvalue weighted by molar-refractivity contribution is 8.83. The zero-order valence-corrected chi connectivity index (χ0v) is 11.4. The maximum Gasteiger partial charge on any atom is 0.262 e. The zero-order chi connectivity index (χ0) is 11.3. The van der Waals surface area contributed by atoms with Gasteiger partial charge >= 0.3 is 0 Å². The van der Waals surface area contributed by atoms with Crippen molar-refractivity contribution in [2.75, 3.05) is 6.16 Å². The van der Waals surface area contributed by atoms with Crippen LogP contribution in [0.2, 0.25) is 0 Å². The Morgan fingerprint density at radius 1 is 1.27 bits per heavy atom. The van der Waals surface area contributed by atoms with Crippen molar-refractivity contribution in [3.8, 4) is 0 Å². The van der Waals surface area contributed by atoms with Crippen LogP contribution < -0.4 is 5.32 Å². The van der Waals surface area contributed by atoms with Gasteiger partial charge in [-0.25, -0.2) is 4.89 Å². The monoisotopic (exact) mass is 268 g/mol. The Kier molecular flexibility index (Phi) is 5.75. The van der Waals surface area contributed by atoms with Gasteiger partial charge in [-0.3, -0.25) is 4.79 Å². The maximum atomic E-state index is 11.5. The van der Waals surface area contributed by atoms with Crippen LogP contribution in [0, 0.1) is 0 Å². The Labute approximate surface area is 102 Å². The van der Waals surface area contributed by atoms with E-state index < -0.39 is 5.89 Å². The third kappa shape index (κ3) is 6.67. The molecule has 0 bridgehead atoms. The molecule has 1 saturated carbocycles. The largest absolute Gasteiger partial charge is 0.350 e. The predicted molar refractivity (Wildman–Crippen MR) is 71.6 cm³/mol. The topological polar surface area (TPSA) is 49.3 Å². The van der Waals surface area contributed by atoms with Gasteiger partial charge in [0.1, 0.15) is 0 Å². The number of rotatable bonds is 3. The number of nitrogens with one attached hydrogen (secondary N) is 1. The van der Waals surface area contributed by atoms with Gasteiger partial charge in [-0.15, -0.1) is 0 Å². The van der Waals surface area contributed by atoms with E-state index in [1.807, 2.05) is 0 Å². The highest BCUT2D eigenvalue weighted by Gasteiger charge is 2.31. The lowest BCUT2D eigenvalue weighted by Crippen LogP contribution is -2.36. The summed E-state index contributed by atoms with van der Waals surface area (Å²) in [6.07, 6.45) is 7.06. The normalized spacial score (nSPS) is 19.7. The lowest BCUT2D eigenvalue weighted by molar-refractivity contribution is -0.119. The molecule has 2 N–H and O–H groups in total. The van der Waals surface area contributed by atoms with Gasteiger partial charge in [0.05, 0.1) is 0 Å². The molecule has 0 atom stereocenters. The van der Waals surface area contributed by atoms with Crippen molar-refractivity contribution in [2.24, 2.45) is 0 Å². The van der Waals surface area contributed by atoms with Gasteiger partial charge in [0, 0.05) is 30.5 Å². The van der Waals surface area contributed by atoms with E-state index in [9.17, 15) is 9.69 Å². The molecule has 6 heteroatoms. The zero-order valence-electron chi connectivity index (χ0n) is 8.72. The third-order valence-electron chi connectivity index (χ3n) is 2.58. The van der Waals surface area contributed by atoms with Crippen molar-refractivity contribution in [1.82, 2.24) is 5.32 Å². The summed E-state index contributed by atoms with van der Waals surface area (Å²) < 4.78 is 0. The molecular formula is C9H19NO2PS2+. The van der Waals surface area contributed by atoms with Crippen LogP contribution in [-0.4, -0.2) is 23.0 Å². The molecule has 0 aliphatic heterocycles. The van der Waals surface area contributed by atoms with E-state index in [2.05, 4.69) is 29.8 Å². The van der Waals surface area contributed by atoms with Gasteiger partial charge < -0.3 is 5.32 Å². The molecule has 0 aromatic carbocycles. The Morgan fingerprint density at radius 2 is 1.80 bits per heavy atom. The van der Waals surface area contributed by atoms with Crippen LogP contribution in [0.25, 0.3) is 0 Å². The summed E-state index contributed by atoms with van der Waals surface area (Å²) in [5, 5.41) is 2.95. The first kappa shape index (κ1) is 13.6. The summed E-state index contributed by atoms with van der Waals surface area (Å²) in [5.74, 6) is -2.70. The van der Waals surface area contributed by atoms with Gasteiger partial charge in [-0.05, 0) is 12.8 Å². The van der Waals surface area contributed by atoms with Gasteiger partial charge in [0.25, 0.3) is 11.8 Å². The highest BCUT2D eigenvalue weighted by Crippen LogP contribution is 2.63. The second-order valence-corrected chi connectivity index (χ2v) is 10.7. The minimum Gasteiger partial charge on any atom is -0.350 e. The van der Waals surface area contributed by atoms with E-state index in [0.717, 1.165) is 12.8 Å². The molecule has 88 valence electrons. The van der Waals surface area contributed by atoms with Crippen LogP contribution in [0.4, 0.5) is 0 Å². The van der Waals surface area contributed by atoms with Crippen molar-refractivity contribution >= 4 is 36.3 Å². The van der Waals surface area contributed by atoms with Crippen LogP contribution in [-0.2, 0) is 4.79 Å². The standard InChI is InChI=1S/C9H18NO2PS2/c11-9(7-13(12,14)15)10-8-5-3-1-2-4-6-8/h8,12,14-15H,1-7H2/p+1. The number of amides is 1. The molecule has 1 rings (SSSR count). The lowest BCUT2D eigenvalue weighted by Gasteiger charge is -2.16. The van der Waals surface area contributed by atoms with Gasteiger partial charge in [0.15, 0.2) is 6.16 Å². The molecule has 1 aliphatic carbocycles. The molecule has 1 aliphatic rings. The molecule has 1 fully saturated rings. The molecule has 1 amide bonds. The average Bonchev–Trinajstić information content (AvgIpc) is 2.28. The number of thiol groups is 2. The van der Waals surface area contributed by atoms with Crippen molar-refractivity contribution in [3.05, 3.63) is 0 Å². The molecule has 0 unspecified atom stereocenters. The Morgan fingerprint density at radius 3 is 2.27 bits per heavy atom. The van der Waals surface area contributed by atoms with Gasteiger partial charge in [-0.2, -0.15) is 0 Å². The van der Waals surface area contributed by atoms with E-state index in [1.54, 1.807) is 0 Å². The molecule has 15 heavy (non-hydrogen) atoms. The van der Waals surface area contributed by atoms with Crippen LogP contribution in [0.1, 0.15) is 38.5 Å². The van der Waals surface area contributed by atoms with Crippen LogP contribution >= 0.6 is 30.4 Å². The van der Waals surface area contributed by atoms with E-state index >= 15 is 0 Å². The molecule has 0 aromatic rings. The summed E-state index contributed by atoms with van der Waals surface area (Å²) in [6, 6.07) is 0.285. The third-order valence-corrected chi connectivity index (χ3v) is 4.14.